The number of hydrogen-bond donors (Lipinski definition) is 3. The first-order chi connectivity index (χ1) is 6.93. The van der Waals surface area contributed by atoms with E-state index < -0.39 is 0 Å². The third-order valence-electron chi connectivity index (χ3n) is 4.71. The van der Waals surface area contributed by atoms with E-state index in [0.29, 0.717) is 24.2 Å². The second-order valence-corrected chi connectivity index (χ2v) is 5.24. The highest BCUT2D eigenvalue weighted by molar-refractivity contribution is 5.10. The number of hydrazine groups is 1. The van der Waals surface area contributed by atoms with Crippen LogP contribution < -0.4 is 21.7 Å². The van der Waals surface area contributed by atoms with E-state index in [9.17, 15) is 0 Å². The number of fused-ring (bicyclic) bond motifs is 4. The first-order valence-corrected chi connectivity index (χ1v) is 5.90. The molecule has 0 amide bonds. The van der Waals surface area contributed by atoms with Crippen LogP contribution in [0.15, 0.2) is 0 Å². The molecule has 4 aliphatic heterocycles. The highest BCUT2D eigenvalue weighted by Gasteiger charge is 2.55. The lowest BCUT2D eigenvalue weighted by Gasteiger charge is -2.59. The Kier molecular flexibility index (Phi) is 1.55. The Balaban J connectivity index is 1.73. The fourth-order valence-corrected chi connectivity index (χ4v) is 4.13. The van der Waals surface area contributed by atoms with Crippen molar-refractivity contribution in [1.82, 2.24) is 21.7 Å². The van der Waals surface area contributed by atoms with Gasteiger partial charge >= 0.3 is 0 Å². The zero-order valence-electron chi connectivity index (χ0n) is 8.24. The van der Waals surface area contributed by atoms with Gasteiger partial charge in [-0.3, -0.25) is 10.9 Å². The summed E-state index contributed by atoms with van der Waals surface area (Å²) in [6.07, 6.45) is 5.34. The van der Waals surface area contributed by atoms with Crippen LogP contribution in [0, 0.1) is 11.8 Å². The van der Waals surface area contributed by atoms with Gasteiger partial charge in [0.05, 0.1) is 0 Å². The van der Waals surface area contributed by atoms with Crippen LogP contribution in [0.2, 0.25) is 0 Å². The molecular weight excluding hydrogens is 176 g/mol. The molecule has 4 saturated heterocycles. The first kappa shape index (κ1) is 8.05. The molecule has 0 aromatic rings. The van der Waals surface area contributed by atoms with Crippen molar-refractivity contribution in [1.29, 1.82) is 0 Å². The molecule has 4 bridgehead atoms. The standard InChI is InChI=1S/C10H17N4/c1-2-6-10-8-4-3-7(13-14-8)9(10)5(1)11-12-6/h5-13H,1-4H2/t5?,6?,7-,8+,9?,10?/m0/s1. The molecule has 4 unspecified atom stereocenters. The molecule has 14 heavy (non-hydrogen) atoms. The van der Waals surface area contributed by atoms with Crippen molar-refractivity contribution in [2.45, 2.75) is 49.9 Å². The zero-order chi connectivity index (χ0) is 9.12. The Hall–Kier alpha value is -0.160. The molecule has 4 heterocycles. The molecule has 2 aliphatic carbocycles. The summed E-state index contributed by atoms with van der Waals surface area (Å²) in [6, 6.07) is 2.63. The van der Waals surface area contributed by atoms with Crippen LogP contribution in [-0.4, -0.2) is 24.2 Å². The molecule has 2 saturated carbocycles. The first-order valence-electron chi connectivity index (χ1n) is 5.90. The molecule has 1 radical (unpaired) electrons. The van der Waals surface area contributed by atoms with Crippen LogP contribution >= 0.6 is 0 Å². The summed E-state index contributed by atoms with van der Waals surface area (Å²) < 4.78 is 0. The van der Waals surface area contributed by atoms with E-state index >= 15 is 0 Å². The molecule has 6 aliphatic rings. The largest absolute Gasteiger partial charge is 0.254 e. The van der Waals surface area contributed by atoms with E-state index in [1.807, 2.05) is 0 Å². The average molecular weight is 193 g/mol. The zero-order valence-corrected chi connectivity index (χ0v) is 8.24. The molecule has 0 spiro atoms. The van der Waals surface area contributed by atoms with Crippen molar-refractivity contribution in [3.63, 3.8) is 0 Å². The molecular formula is C10H17N4. The van der Waals surface area contributed by atoms with Crippen LogP contribution in [0.5, 0.6) is 0 Å². The third kappa shape index (κ3) is 0.877. The fourth-order valence-electron chi connectivity index (χ4n) is 4.13. The second-order valence-electron chi connectivity index (χ2n) is 5.24. The lowest BCUT2D eigenvalue weighted by atomic mass is 9.60. The van der Waals surface area contributed by atoms with Gasteiger partial charge in [0.1, 0.15) is 0 Å². The summed E-state index contributed by atoms with van der Waals surface area (Å²) >= 11 is 0. The fraction of sp³-hybridized carbons (Fsp3) is 1.00. The predicted octanol–water partition coefficient (Wildman–Crippen LogP) is -0.489. The maximum absolute atomic E-state index is 4.58. The Bertz CT molecular complexity index is 191. The van der Waals surface area contributed by atoms with E-state index in [1.54, 1.807) is 0 Å². The SMILES string of the molecule is C1CC2NNC1C1C2[C@H]2CC[C@@H]1N[N]2. The topological polar surface area (TPSA) is 50.2 Å². The molecule has 0 aromatic carbocycles. The molecule has 4 nitrogen and oxygen atoms in total. The average Bonchev–Trinajstić information content (AvgIpc) is 2.32. The smallest absolute Gasteiger partial charge is 0.0464 e. The third-order valence-corrected chi connectivity index (χ3v) is 4.71. The molecule has 6 fully saturated rings. The van der Waals surface area contributed by atoms with E-state index in [1.165, 1.54) is 25.7 Å². The lowest BCUT2D eigenvalue weighted by molar-refractivity contribution is -0.0605. The van der Waals surface area contributed by atoms with Gasteiger partial charge in [-0.1, -0.05) is 0 Å². The van der Waals surface area contributed by atoms with Gasteiger partial charge in [-0.2, -0.15) is 5.43 Å². The normalized spacial score (nSPS) is 60.0. The van der Waals surface area contributed by atoms with Gasteiger partial charge in [0, 0.05) is 24.2 Å². The van der Waals surface area contributed by atoms with Crippen molar-refractivity contribution in [3.8, 4) is 0 Å². The maximum Gasteiger partial charge on any atom is 0.0464 e. The van der Waals surface area contributed by atoms with E-state index in [4.69, 9.17) is 0 Å². The molecule has 0 aromatic heterocycles. The van der Waals surface area contributed by atoms with E-state index in [2.05, 4.69) is 21.7 Å². The van der Waals surface area contributed by atoms with Gasteiger partial charge < -0.3 is 0 Å². The van der Waals surface area contributed by atoms with E-state index in [-0.39, 0.29) is 0 Å². The molecule has 6 rings (SSSR count). The van der Waals surface area contributed by atoms with Crippen molar-refractivity contribution in [3.05, 3.63) is 0 Å². The minimum absolute atomic E-state index is 0.590. The van der Waals surface area contributed by atoms with Gasteiger partial charge in [0.15, 0.2) is 0 Å². The van der Waals surface area contributed by atoms with Gasteiger partial charge in [0.25, 0.3) is 0 Å². The Labute approximate surface area is 84.1 Å². The van der Waals surface area contributed by atoms with Crippen LogP contribution in [0.4, 0.5) is 0 Å². The van der Waals surface area contributed by atoms with E-state index in [0.717, 1.165) is 11.8 Å². The van der Waals surface area contributed by atoms with Gasteiger partial charge in [-0.25, -0.2) is 5.43 Å². The Morgan fingerprint density at radius 2 is 1.50 bits per heavy atom. The highest BCUT2D eigenvalue weighted by atomic mass is 15.5. The van der Waals surface area contributed by atoms with Crippen LogP contribution in [0.1, 0.15) is 25.7 Å². The molecule has 4 heteroatoms. The summed E-state index contributed by atoms with van der Waals surface area (Å²) in [5, 5.41) is 0. The van der Waals surface area contributed by atoms with Gasteiger partial charge in [0.2, 0.25) is 0 Å². The van der Waals surface area contributed by atoms with Gasteiger partial charge in [-0.05, 0) is 37.5 Å². The summed E-state index contributed by atoms with van der Waals surface area (Å²) in [4.78, 5) is 0. The summed E-state index contributed by atoms with van der Waals surface area (Å²) in [5.74, 6) is 1.65. The number of hydrogen-bond acceptors (Lipinski definition) is 3. The Morgan fingerprint density at radius 3 is 2.07 bits per heavy atom. The quantitative estimate of drug-likeness (QED) is 0.486. The number of nitrogens with zero attached hydrogens (tertiary/aromatic N) is 1. The maximum atomic E-state index is 4.58. The molecule has 3 N–H and O–H groups in total. The van der Waals surface area contributed by atoms with Gasteiger partial charge in [-0.15, -0.1) is 0 Å². The van der Waals surface area contributed by atoms with Crippen LogP contribution in [0.3, 0.4) is 0 Å². The van der Waals surface area contributed by atoms with Crippen molar-refractivity contribution in [2.75, 3.05) is 0 Å². The summed E-state index contributed by atoms with van der Waals surface area (Å²) in [7, 11) is 0. The minimum Gasteiger partial charge on any atom is -0.254 e. The monoisotopic (exact) mass is 193 g/mol. The predicted molar refractivity (Wildman–Crippen MR) is 52.1 cm³/mol. The van der Waals surface area contributed by atoms with Crippen molar-refractivity contribution < 1.29 is 0 Å². The molecule has 77 valence electrons. The Morgan fingerprint density at radius 1 is 0.786 bits per heavy atom. The van der Waals surface area contributed by atoms with Crippen LogP contribution in [0.25, 0.3) is 0 Å². The second kappa shape index (κ2) is 2.70. The minimum atomic E-state index is 0.590. The summed E-state index contributed by atoms with van der Waals surface area (Å²) in [6.45, 7) is 0. The number of rotatable bonds is 0. The van der Waals surface area contributed by atoms with Crippen molar-refractivity contribution in [2.24, 2.45) is 11.8 Å². The lowest BCUT2D eigenvalue weighted by Crippen LogP contribution is -2.76. The van der Waals surface area contributed by atoms with Crippen molar-refractivity contribution >= 4 is 0 Å². The molecule has 6 atom stereocenters. The van der Waals surface area contributed by atoms with Crippen LogP contribution in [-0.2, 0) is 0 Å². The highest BCUT2D eigenvalue weighted by Crippen LogP contribution is 2.45. The number of nitrogens with one attached hydrogen (secondary N) is 3. The summed E-state index contributed by atoms with van der Waals surface area (Å²) in [5.41, 5.74) is 14.9.